The van der Waals surface area contributed by atoms with Crippen LogP contribution < -0.4 is 0 Å². The average Bonchev–Trinajstić information content (AvgIpc) is 1.95. The van der Waals surface area contributed by atoms with Gasteiger partial charge in [-0.3, -0.25) is 4.79 Å². The Morgan fingerprint density at radius 3 is 2.64 bits per heavy atom. The maximum absolute atomic E-state index is 10.1. The molecule has 0 N–H and O–H groups in total. The molecular formula is C8H5I2O. The highest BCUT2D eigenvalue weighted by Gasteiger charge is 1.98. The lowest BCUT2D eigenvalue weighted by Gasteiger charge is -1.98. The molecule has 0 aromatic heterocycles. The third-order valence-electron chi connectivity index (χ3n) is 1.28. The third-order valence-corrected chi connectivity index (χ3v) is 2.95. The monoisotopic (exact) mass is 371 g/mol. The van der Waals surface area contributed by atoms with Crippen LogP contribution in [0.15, 0.2) is 18.2 Å². The summed E-state index contributed by atoms with van der Waals surface area (Å²) in [5.41, 5.74) is 1.06. The Balaban J connectivity index is 2.98. The summed E-state index contributed by atoms with van der Waals surface area (Å²) < 4.78 is 2.33. The Labute approximate surface area is 92.8 Å². The first-order valence-corrected chi connectivity index (χ1v) is 5.18. The maximum atomic E-state index is 10.1. The Bertz CT molecular complexity index is 271. The number of hydrogen-bond acceptors (Lipinski definition) is 1. The minimum Gasteiger partial charge on any atom is -0.291 e. The van der Waals surface area contributed by atoms with Crippen molar-refractivity contribution in [2.75, 3.05) is 0 Å². The fraction of sp³-hybridized carbons (Fsp3) is 0.125. The van der Waals surface area contributed by atoms with Gasteiger partial charge in [0.2, 0.25) is 6.29 Å². The molecule has 1 aromatic rings. The summed E-state index contributed by atoms with van der Waals surface area (Å²) in [7, 11) is 0. The van der Waals surface area contributed by atoms with Gasteiger partial charge in [-0.2, -0.15) is 0 Å². The van der Waals surface area contributed by atoms with E-state index in [-0.39, 0.29) is 0 Å². The topological polar surface area (TPSA) is 17.1 Å². The van der Waals surface area contributed by atoms with Crippen LogP contribution in [0.4, 0.5) is 0 Å². The van der Waals surface area contributed by atoms with Crippen LogP contribution in [0, 0.1) is 7.14 Å². The van der Waals surface area contributed by atoms with Crippen molar-refractivity contribution in [1.82, 2.24) is 0 Å². The second-order valence-electron chi connectivity index (χ2n) is 2.06. The van der Waals surface area contributed by atoms with Crippen molar-refractivity contribution in [2.24, 2.45) is 0 Å². The Morgan fingerprint density at radius 1 is 1.36 bits per heavy atom. The van der Waals surface area contributed by atoms with E-state index in [1.165, 1.54) is 3.57 Å². The van der Waals surface area contributed by atoms with Gasteiger partial charge in [-0.15, -0.1) is 0 Å². The van der Waals surface area contributed by atoms with Gasteiger partial charge >= 0.3 is 0 Å². The molecule has 0 saturated heterocycles. The number of benzene rings is 1. The summed E-state index contributed by atoms with van der Waals surface area (Å²) in [6.07, 6.45) is 2.29. The summed E-state index contributed by atoms with van der Waals surface area (Å²) in [5, 5.41) is 0. The quantitative estimate of drug-likeness (QED) is 0.731. The van der Waals surface area contributed by atoms with Crippen LogP contribution in [0.2, 0.25) is 0 Å². The van der Waals surface area contributed by atoms with Gasteiger partial charge in [-0.1, -0.05) is 6.07 Å². The van der Waals surface area contributed by atoms with E-state index in [9.17, 15) is 4.79 Å². The van der Waals surface area contributed by atoms with Crippen molar-refractivity contribution in [2.45, 2.75) is 6.42 Å². The van der Waals surface area contributed by atoms with Crippen molar-refractivity contribution in [3.8, 4) is 0 Å². The van der Waals surface area contributed by atoms with E-state index in [4.69, 9.17) is 0 Å². The standard InChI is InChI=1S/C8H5I2O/c9-7-2-1-6(3-4-11)8(10)5-7/h1-2,5H,3H2. The molecule has 0 heterocycles. The zero-order valence-corrected chi connectivity index (χ0v) is 9.92. The van der Waals surface area contributed by atoms with Gasteiger partial charge < -0.3 is 0 Å². The van der Waals surface area contributed by atoms with Crippen LogP contribution in [0.3, 0.4) is 0 Å². The molecule has 57 valence electrons. The third kappa shape index (κ3) is 2.70. The second kappa shape index (κ2) is 4.39. The van der Waals surface area contributed by atoms with Gasteiger partial charge in [0.15, 0.2) is 0 Å². The van der Waals surface area contributed by atoms with Gasteiger partial charge in [0.25, 0.3) is 0 Å². The average molecular weight is 371 g/mol. The zero-order valence-electron chi connectivity index (χ0n) is 5.60. The van der Waals surface area contributed by atoms with Crippen LogP contribution in [-0.2, 0) is 11.2 Å². The van der Waals surface area contributed by atoms with Crippen molar-refractivity contribution in [1.29, 1.82) is 0 Å². The van der Waals surface area contributed by atoms with Crippen LogP contribution in [0.25, 0.3) is 0 Å². The molecule has 0 spiro atoms. The summed E-state index contributed by atoms with van der Waals surface area (Å²) in [6, 6.07) is 6.01. The van der Waals surface area contributed by atoms with E-state index < -0.39 is 0 Å². The fourth-order valence-corrected chi connectivity index (χ4v) is 2.54. The first kappa shape index (κ1) is 9.44. The number of halogens is 2. The molecule has 1 radical (unpaired) electrons. The van der Waals surface area contributed by atoms with Crippen LogP contribution >= 0.6 is 45.2 Å². The maximum Gasteiger partial charge on any atom is 0.203 e. The lowest BCUT2D eigenvalue weighted by Crippen LogP contribution is -1.90. The fourth-order valence-electron chi connectivity index (χ4n) is 0.743. The highest BCUT2D eigenvalue weighted by atomic mass is 127. The lowest BCUT2D eigenvalue weighted by atomic mass is 10.2. The molecule has 0 fully saturated rings. The van der Waals surface area contributed by atoms with Crippen LogP contribution in [0.5, 0.6) is 0 Å². The van der Waals surface area contributed by atoms with Crippen molar-refractivity contribution >= 4 is 51.5 Å². The van der Waals surface area contributed by atoms with Gasteiger partial charge in [0.05, 0.1) is 0 Å². The summed E-state index contributed by atoms with van der Waals surface area (Å²) >= 11 is 4.47. The minimum absolute atomic E-state index is 0.398. The normalized spacial score (nSPS) is 9.64. The molecule has 0 amide bonds. The van der Waals surface area contributed by atoms with Crippen molar-refractivity contribution in [3.63, 3.8) is 0 Å². The van der Waals surface area contributed by atoms with Gasteiger partial charge in [-0.25, -0.2) is 0 Å². The van der Waals surface area contributed by atoms with Crippen LogP contribution in [-0.4, -0.2) is 6.29 Å². The molecular weight excluding hydrogens is 366 g/mol. The van der Waals surface area contributed by atoms with E-state index in [0.29, 0.717) is 6.42 Å². The minimum atomic E-state index is 0.398. The number of rotatable bonds is 2. The van der Waals surface area contributed by atoms with Crippen molar-refractivity contribution in [3.05, 3.63) is 30.9 Å². The first-order chi connectivity index (χ1) is 5.24. The Hall–Kier alpha value is 0.350. The largest absolute Gasteiger partial charge is 0.291 e. The second-order valence-corrected chi connectivity index (χ2v) is 4.46. The van der Waals surface area contributed by atoms with E-state index >= 15 is 0 Å². The number of hydrogen-bond donors (Lipinski definition) is 0. The first-order valence-electron chi connectivity index (χ1n) is 3.03. The summed E-state index contributed by atoms with van der Waals surface area (Å²) in [5.74, 6) is 0. The highest BCUT2D eigenvalue weighted by molar-refractivity contribution is 14.1. The Kier molecular flexibility index (Phi) is 3.77. The van der Waals surface area contributed by atoms with Crippen LogP contribution in [0.1, 0.15) is 5.56 Å². The molecule has 0 aliphatic rings. The molecule has 0 saturated carbocycles. The lowest BCUT2D eigenvalue weighted by molar-refractivity contribution is 0.555. The smallest absolute Gasteiger partial charge is 0.203 e. The molecule has 11 heavy (non-hydrogen) atoms. The molecule has 3 heteroatoms. The molecule has 1 rings (SSSR count). The number of carbonyl (C=O) groups excluding carboxylic acids is 1. The predicted octanol–water partition coefficient (Wildman–Crippen LogP) is 2.55. The van der Waals surface area contributed by atoms with E-state index in [1.54, 1.807) is 0 Å². The SMILES string of the molecule is O=[C]Cc1ccc(I)cc1I. The highest BCUT2D eigenvalue weighted by Crippen LogP contribution is 2.15. The van der Waals surface area contributed by atoms with Gasteiger partial charge in [-0.05, 0) is 62.9 Å². The zero-order chi connectivity index (χ0) is 8.27. The van der Waals surface area contributed by atoms with E-state index in [2.05, 4.69) is 45.2 Å². The molecule has 0 aliphatic carbocycles. The molecule has 1 nitrogen and oxygen atoms in total. The molecule has 0 atom stereocenters. The predicted molar refractivity (Wildman–Crippen MR) is 61.3 cm³/mol. The Morgan fingerprint density at radius 2 is 2.09 bits per heavy atom. The summed E-state index contributed by atoms with van der Waals surface area (Å²) in [4.78, 5) is 10.1. The summed E-state index contributed by atoms with van der Waals surface area (Å²) in [6.45, 7) is 0. The molecule has 0 aliphatic heterocycles. The molecule has 0 unspecified atom stereocenters. The van der Waals surface area contributed by atoms with Crippen molar-refractivity contribution < 1.29 is 4.79 Å². The van der Waals surface area contributed by atoms with E-state index in [0.717, 1.165) is 9.13 Å². The van der Waals surface area contributed by atoms with E-state index in [1.807, 2.05) is 24.5 Å². The van der Waals surface area contributed by atoms with Gasteiger partial charge in [0, 0.05) is 13.6 Å². The molecule has 1 aromatic carbocycles. The molecule has 0 bridgehead atoms. The van der Waals surface area contributed by atoms with Gasteiger partial charge in [0.1, 0.15) is 0 Å².